The van der Waals surface area contributed by atoms with Crippen LogP contribution in [0.2, 0.25) is 0 Å². The Morgan fingerprint density at radius 2 is 2.00 bits per heavy atom. The number of nitrogens with zero attached hydrogens (tertiary/aromatic N) is 1. The van der Waals surface area contributed by atoms with Gasteiger partial charge in [0.2, 0.25) is 0 Å². The summed E-state index contributed by atoms with van der Waals surface area (Å²) >= 11 is 4.94. The van der Waals surface area contributed by atoms with Gasteiger partial charge in [0.15, 0.2) is 0 Å². The lowest BCUT2D eigenvalue weighted by Crippen LogP contribution is -2.34. The third-order valence-electron chi connectivity index (χ3n) is 3.11. The second kappa shape index (κ2) is 6.37. The van der Waals surface area contributed by atoms with Crippen LogP contribution in [0.25, 0.3) is 9.88 Å². The lowest BCUT2D eigenvalue weighted by Gasteiger charge is -2.22. The molecular formula is C15H16N2OS3. The smallest absolute Gasteiger partial charge is 0.133 e. The molecule has 0 aliphatic rings. The fraction of sp³-hybridized carbons (Fsp3) is 0.267. The molecule has 0 aliphatic carbocycles. The number of aromatic nitrogens is 1. The first-order valence-corrected chi connectivity index (χ1v) is 9.24. The summed E-state index contributed by atoms with van der Waals surface area (Å²) in [6.07, 6.45) is 0. The molecule has 0 fully saturated rings. The van der Waals surface area contributed by atoms with Gasteiger partial charge in [0.05, 0.1) is 10.6 Å². The zero-order chi connectivity index (χ0) is 14.7. The minimum absolute atomic E-state index is 0.513. The first-order chi connectivity index (χ1) is 10.1. The zero-order valence-corrected chi connectivity index (χ0v) is 14.0. The molecule has 1 atom stereocenters. The van der Waals surface area contributed by atoms with Gasteiger partial charge in [0, 0.05) is 23.3 Å². The fourth-order valence-electron chi connectivity index (χ4n) is 2.01. The van der Waals surface area contributed by atoms with E-state index in [1.54, 1.807) is 34.0 Å². The van der Waals surface area contributed by atoms with Crippen LogP contribution in [-0.4, -0.2) is 16.6 Å². The van der Waals surface area contributed by atoms with Crippen molar-refractivity contribution in [1.82, 2.24) is 10.3 Å². The van der Waals surface area contributed by atoms with Crippen molar-refractivity contribution < 1.29 is 5.11 Å². The average Bonchev–Trinajstić information content (AvgIpc) is 3.20. The van der Waals surface area contributed by atoms with E-state index in [0.717, 1.165) is 15.6 Å². The van der Waals surface area contributed by atoms with Gasteiger partial charge < -0.3 is 10.4 Å². The SMILES string of the molecule is CC(O)(CNCc1csc(-c2cccs2)n1)c1cccs1. The van der Waals surface area contributed by atoms with E-state index in [9.17, 15) is 5.11 Å². The van der Waals surface area contributed by atoms with Crippen molar-refractivity contribution in [2.75, 3.05) is 6.54 Å². The standard InChI is InChI=1S/C15H16N2OS3/c1-15(18,13-5-3-7-20-13)10-16-8-11-9-21-14(17-11)12-4-2-6-19-12/h2-7,9,16,18H,8,10H2,1H3. The first-order valence-electron chi connectivity index (χ1n) is 6.60. The summed E-state index contributed by atoms with van der Waals surface area (Å²) in [6, 6.07) is 8.05. The highest BCUT2D eigenvalue weighted by molar-refractivity contribution is 7.20. The Labute approximate surface area is 135 Å². The monoisotopic (exact) mass is 336 g/mol. The van der Waals surface area contributed by atoms with Crippen LogP contribution in [0.5, 0.6) is 0 Å². The number of aliphatic hydroxyl groups is 1. The van der Waals surface area contributed by atoms with E-state index in [1.165, 1.54) is 4.88 Å². The van der Waals surface area contributed by atoms with E-state index < -0.39 is 5.60 Å². The minimum atomic E-state index is -0.833. The summed E-state index contributed by atoms with van der Waals surface area (Å²) in [5, 5.41) is 20.9. The van der Waals surface area contributed by atoms with Crippen LogP contribution in [0, 0.1) is 0 Å². The third kappa shape index (κ3) is 3.59. The van der Waals surface area contributed by atoms with Gasteiger partial charge in [-0.25, -0.2) is 4.98 Å². The molecule has 0 saturated heterocycles. The Bertz CT molecular complexity index is 672. The number of hydrogen-bond donors (Lipinski definition) is 2. The van der Waals surface area contributed by atoms with Crippen molar-refractivity contribution in [3.63, 3.8) is 0 Å². The lowest BCUT2D eigenvalue weighted by atomic mass is 10.1. The summed E-state index contributed by atoms with van der Waals surface area (Å²) in [5.41, 5.74) is 0.186. The summed E-state index contributed by atoms with van der Waals surface area (Å²) in [6.45, 7) is 3.02. The van der Waals surface area contributed by atoms with E-state index in [4.69, 9.17) is 0 Å². The molecule has 0 radical (unpaired) electrons. The average molecular weight is 337 g/mol. The molecule has 0 bridgehead atoms. The molecule has 0 aliphatic heterocycles. The van der Waals surface area contributed by atoms with E-state index in [1.807, 2.05) is 30.5 Å². The molecule has 1 unspecified atom stereocenters. The van der Waals surface area contributed by atoms with Crippen LogP contribution >= 0.6 is 34.0 Å². The van der Waals surface area contributed by atoms with Crippen molar-refractivity contribution in [3.05, 3.63) is 51.0 Å². The molecule has 110 valence electrons. The Balaban J connectivity index is 1.56. The molecule has 3 rings (SSSR count). The van der Waals surface area contributed by atoms with Gasteiger partial charge in [-0.15, -0.1) is 34.0 Å². The van der Waals surface area contributed by atoms with Crippen molar-refractivity contribution in [1.29, 1.82) is 0 Å². The number of thiophene rings is 2. The van der Waals surface area contributed by atoms with Gasteiger partial charge in [-0.2, -0.15) is 0 Å². The summed E-state index contributed by atoms with van der Waals surface area (Å²) in [7, 11) is 0. The molecule has 3 nitrogen and oxygen atoms in total. The zero-order valence-electron chi connectivity index (χ0n) is 11.6. The number of thiazole rings is 1. The molecule has 3 heterocycles. The van der Waals surface area contributed by atoms with Gasteiger partial charge in [0.25, 0.3) is 0 Å². The molecule has 0 saturated carbocycles. The predicted octanol–water partition coefficient (Wildman–Crippen LogP) is 3.93. The van der Waals surface area contributed by atoms with Crippen LogP contribution < -0.4 is 5.32 Å². The van der Waals surface area contributed by atoms with Crippen molar-refractivity contribution in [2.24, 2.45) is 0 Å². The van der Waals surface area contributed by atoms with Crippen LogP contribution in [0.3, 0.4) is 0 Å². The quantitative estimate of drug-likeness (QED) is 0.717. The molecule has 3 aromatic heterocycles. The van der Waals surface area contributed by atoms with Crippen molar-refractivity contribution in [2.45, 2.75) is 19.1 Å². The van der Waals surface area contributed by atoms with E-state index in [2.05, 4.69) is 27.1 Å². The Kier molecular flexibility index (Phi) is 4.51. The number of rotatable bonds is 6. The molecule has 0 spiro atoms. The van der Waals surface area contributed by atoms with Crippen LogP contribution in [-0.2, 0) is 12.1 Å². The van der Waals surface area contributed by atoms with Gasteiger partial charge in [-0.05, 0) is 29.8 Å². The van der Waals surface area contributed by atoms with Crippen LogP contribution in [0.4, 0.5) is 0 Å². The normalized spacial score (nSPS) is 14.2. The van der Waals surface area contributed by atoms with Crippen LogP contribution in [0.15, 0.2) is 40.4 Å². The largest absolute Gasteiger partial charge is 0.383 e. The number of nitrogens with one attached hydrogen (secondary N) is 1. The maximum Gasteiger partial charge on any atom is 0.133 e. The maximum atomic E-state index is 10.4. The highest BCUT2D eigenvalue weighted by Crippen LogP contribution is 2.28. The number of hydrogen-bond acceptors (Lipinski definition) is 6. The topological polar surface area (TPSA) is 45.1 Å². The Morgan fingerprint density at radius 1 is 1.19 bits per heavy atom. The fourth-order valence-corrected chi connectivity index (χ4v) is 4.43. The van der Waals surface area contributed by atoms with E-state index in [-0.39, 0.29) is 0 Å². The van der Waals surface area contributed by atoms with Gasteiger partial charge in [0.1, 0.15) is 10.6 Å². The van der Waals surface area contributed by atoms with E-state index >= 15 is 0 Å². The van der Waals surface area contributed by atoms with Crippen molar-refractivity contribution in [3.8, 4) is 9.88 Å². The summed E-state index contributed by atoms with van der Waals surface area (Å²) < 4.78 is 0. The lowest BCUT2D eigenvalue weighted by molar-refractivity contribution is 0.0604. The molecule has 6 heteroatoms. The minimum Gasteiger partial charge on any atom is -0.383 e. The maximum absolute atomic E-state index is 10.4. The molecule has 21 heavy (non-hydrogen) atoms. The first kappa shape index (κ1) is 14.9. The summed E-state index contributed by atoms with van der Waals surface area (Å²) in [4.78, 5) is 6.81. The molecule has 2 N–H and O–H groups in total. The predicted molar refractivity (Wildman–Crippen MR) is 91.0 cm³/mol. The Morgan fingerprint density at radius 3 is 2.71 bits per heavy atom. The third-order valence-corrected chi connectivity index (χ3v) is 6.16. The molecule has 0 amide bonds. The molecule has 3 aromatic rings. The second-order valence-corrected chi connectivity index (χ2v) is 7.73. The molecule has 0 aromatic carbocycles. The highest BCUT2D eigenvalue weighted by atomic mass is 32.1. The van der Waals surface area contributed by atoms with E-state index in [0.29, 0.717) is 13.1 Å². The highest BCUT2D eigenvalue weighted by Gasteiger charge is 2.23. The van der Waals surface area contributed by atoms with Crippen LogP contribution in [0.1, 0.15) is 17.5 Å². The summed E-state index contributed by atoms with van der Waals surface area (Å²) in [5.74, 6) is 0. The van der Waals surface area contributed by atoms with Gasteiger partial charge >= 0.3 is 0 Å². The Hall–Kier alpha value is -1.05. The molecular weight excluding hydrogens is 320 g/mol. The van der Waals surface area contributed by atoms with Gasteiger partial charge in [-0.3, -0.25) is 0 Å². The van der Waals surface area contributed by atoms with Gasteiger partial charge in [-0.1, -0.05) is 12.1 Å². The van der Waals surface area contributed by atoms with Crippen molar-refractivity contribution >= 4 is 34.0 Å². The second-order valence-electron chi connectivity index (χ2n) is 4.98.